The van der Waals surface area contributed by atoms with E-state index in [-0.39, 0.29) is 0 Å². The number of hydrogen-bond donors (Lipinski definition) is 0. The first-order chi connectivity index (χ1) is 29.8. The Labute approximate surface area is 347 Å². The highest BCUT2D eigenvalue weighted by Gasteiger charge is 2.23. The van der Waals surface area contributed by atoms with Crippen LogP contribution >= 0.6 is 0 Å². The van der Waals surface area contributed by atoms with Crippen molar-refractivity contribution in [2.75, 3.05) is 4.90 Å². The van der Waals surface area contributed by atoms with Crippen LogP contribution in [0.3, 0.4) is 0 Å². The smallest absolute Gasteiger partial charge is 0.136 e. The molecule has 0 aliphatic heterocycles. The molecule has 12 aromatic rings. The fourth-order valence-corrected chi connectivity index (χ4v) is 9.51. The summed E-state index contributed by atoms with van der Waals surface area (Å²) in [6.07, 6.45) is 0. The van der Waals surface area contributed by atoms with E-state index in [1.165, 1.54) is 65.2 Å². The molecular formula is C58H37NO. The minimum Gasteiger partial charge on any atom is -0.456 e. The van der Waals surface area contributed by atoms with Gasteiger partial charge in [-0.1, -0.05) is 170 Å². The van der Waals surface area contributed by atoms with Crippen LogP contribution in [0, 0.1) is 0 Å². The van der Waals surface area contributed by atoms with Crippen molar-refractivity contribution in [2.45, 2.75) is 0 Å². The number of fused-ring (bicyclic) bond motifs is 11. The van der Waals surface area contributed by atoms with Gasteiger partial charge in [0, 0.05) is 33.1 Å². The van der Waals surface area contributed by atoms with E-state index < -0.39 is 0 Å². The predicted molar refractivity (Wildman–Crippen MR) is 255 cm³/mol. The molecule has 0 unspecified atom stereocenters. The molecule has 0 aliphatic carbocycles. The van der Waals surface area contributed by atoms with E-state index in [4.69, 9.17) is 4.42 Å². The van der Waals surface area contributed by atoms with Crippen molar-refractivity contribution in [2.24, 2.45) is 0 Å². The quantitative estimate of drug-likeness (QED) is 0.157. The number of para-hydroxylation sites is 2. The van der Waals surface area contributed by atoms with Gasteiger partial charge >= 0.3 is 0 Å². The Kier molecular flexibility index (Phi) is 7.89. The van der Waals surface area contributed by atoms with E-state index in [1.807, 2.05) is 6.07 Å². The van der Waals surface area contributed by atoms with Crippen molar-refractivity contribution in [1.82, 2.24) is 0 Å². The van der Waals surface area contributed by atoms with Gasteiger partial charge in [0.15, 0.2) is 0 Å². The Morgan fingerprint density at radius 1 is 0.283 bits per heavy atom. The molecule has 1 aromatic heterocycles. The van der Waals surface area contributed by atoms with Crippen molar-refractivity contribution >= 4 is 82.1 Å². The highest BCUT2D eigenvalue weighted by molar-refractivity contribution is 6.36. The van der Waals surface area contributed by atoms with Crippen molar-refractivity contribution < 1.29 is 4.42 Å². The predicted octanol–water partition coefficient (Wildman–Crippen LogP) is 16.7. The summed E-state index contributed by atoms with van der Waals surface area (Å²) >= 11 is 0. The van der Waals surface area contributed by atoms with E-state index in [9.17, 15) is 0 Å². The van der Waals surface area contributed by atoms with Crippen LogP contribution in [0.1, 0.15) is 0 Å². The van der Waals surface area contributed by atoms with Crippen molar-refractivity contribution in [3.05, 3.63) is 224 Å². The maximum absolute atomic E-state index is 6.44. The molecule has 0 spiro atoms. The molecule has 12 rings (SSSR count). The Hall–Kier alpha value is -7.94. The maximum Gasteiger partial charge on any atom is 0.136 e. The average Bonchev–Trinajstić information content (AvgIpc) is 3.71. The number of furan rings is 1. The lowest BCUT2D eigenvalue weighted by Crippen LogP contribution is -2.12. The number of nitrogens with zero attached hydrogens (tertiary/aromatic N) is 1. The molecule has 2 heteroatoms. The molecule has 280 valence electrons. The summed E-state index contributed by atoms with van der Waals surface area (Å²) in [6, 6.07) is 81.4. The molecule has 2 nitrogen and oxygen atoms in total. The van der Waals surface area contributed by atoms with Gasteiger partial charge in [-0.3, -0.25) is 0 Å². The Morgan fingerprint density at radius 3 is 1.60 bits per heavy atom. The second-order valence-electron chi connectivity index (χ2n) is 15.6. The Bertz CT molecular complexity index is 3510. The fourth-order valence-electron chi connectivity index (χ4n) is 9.51. The molecule has 0 N–H and O–H groups in total. The summed E-state index contributed by atoms with van der Waals surface area (Å²) in [6.45, 7) is 0. The molecule has 0 radical (unpaired) electrons. The number of anilines is 3. The van der Waals surface area contributed by atoms with Crippen molar-refractivity contribution in [3.8, 4) is 33.4 Å². The van der Waals surface area contributed by atoms with Gasteiger partial charge in [-0.25, -0.2) is 0 Å². The normalized spacial score (nSPS) is 11.7. The molecule has 0 amide bonds. The van der Waals surface area contributed by atoms with Gasteiger partial charge in [0.2, 0.25) is 0 Å². The first-order valence-corrected chi connectivity index (χ1v) is 20.6. The highest BCUT2D eigenvalue weighted by atomic mass is 16.3. The molecule has 0 atom stereocenters. The lowest BCUT2D eigenvalue weighted by molar-refractivity contribution is 0.669. The lowest BCUT2D eigenvalue weighted by Gasteiger charge is -2.29. The molecule has 1 heterocycles. The van der Waals surface area contributed by atoms with Crippen LogP contribution in [0.4, 0.5) is 17.1 Å². The van der Waals surface area contributed by atoms with Gasteiger partial charge < -0.3 is 9.32 Å². The van der Waals surface area contributed by atoms with Gasteiger partial charge in [0.25, 0.3) is 0 Å². The zero-order valence-corrected chi connectivity index (χ0v) is 32.7. The summed E-state index contributed by atoms with van der Waals surface area (Å²) in [7, 11) is 0. The standard InChI is InChI=1S/C58H37NO/c1-3-16-38(17-4-1)42-34-43(39-18-5-2-6-19-39)37-45(36-42)59(44-31-30-40-20-7-8-21-41(40)35-44)53-28-13-11-22-46(53)47-26-15-27-49-51-32-33-55-58(52-25-12-14-29-54(52)60-55)57(51)50-24-10-9-23-48(50)56(47)49/h1-37H. The molecular weight excluding hydrogens is 727 g/mol. The van der Waals surface area contributed by atoms with Gasteiger partial charge in [0.05, 0.1) is 5.69 Å². The summed E-state index contributed by atoms with van der Waals surface area (Å²) in [5, 5.41) is 12.1. The van der Waals surface area contributed by atoms with Gasteiger partial charge in [-0.2, -0.15) is 0 Å². The zero-order chi connectivity index (χ0) is 39.6. The van der Waals surface area contributed by atoms with Crippen LogP contribution in [0.15, 0.2) is 229 Å². The third-order valence-corrected chi connectivity index (χ3v) is 12.2. The van der Waals surface area contributed by atoms with Crippen LogP contribution in [0.2, 0.25) is 0 Å². The van der Waals surface area contributed by atoms with E-state index in [0.29, 0.717) is 0 Å². The van der Waals surface area contributed by atoms with Crippen LogP contribution in [0.25, 0.3) is 98.4 Å². The molecule has 0 bridgehead atoms. The van der Waals surface area contributed by atoms with Gasteiger partial charge in [-0.05, 0) is 120 Å². The number of benzene rings is 11. The third-order valence-electron chi connectivity index (χ3n) is 12.2. The second-order valence-corrected chi connectivity index (χ2v) is 15.6. The topological polar surface area (TPSA) is 16.4 Å². The lowest BCUT2D eigenvalue weighted by atomic mass is 9.87. The van der Waals surface area contributed by atoms with Crippen molar-refractivity contribution in [3.63, 3.8) is 0 Å². The maximum atomic E-state index is 6.44. The molecule has 11 aromatic carbocycles. The molecule has 0 aliphatic rings. The largest absolute Gasteiger partial charge is 0.456 e. The van der Waals surface area contributed by atoms with E-state index in [2.05, 4.69) is 223 Å². The van der Waals surface area contributed by atoms with Crippen LogP contribution in [0.5, 0.6) is 0 Å². The Morgan fingerprint density at radius 2 is 0.850 bits per heavy atom. The summed E-state index contributed by atoms with van der Waals surface area (Å²) in [4.78, 5) is 2.46. The van der Waals surface area contributed by atoms with E-state index in [1.54, 1.807) is 0 Å². The van der Waals surface area contributed by atoms with E-state index in [0.717, 1.165) is 50.3 Å². The van der Waals surface area contributed by atoms with Crippen molar-refractivity contribution in [1.29, 1.82) is 0 Å². The summed E-state index contributed by atoms with van der Waals surface area (Å²) in [5.41, 5.74) is 12.1. The zero-order valence-electron chi connectivity index (χ0n) is 32.7. The Balaban J connectivity index is 1.16. The first kappa shape index (κ1) is 34.1. The third kappa shape index (κ3) is 5.50. The SMILES string of the molecule is c1ccc(-c2cc(-c3ccccc3)cc(N(c3ccc4ccccc4c3)c3ccccc3-c3cccc4c5ccc6oc7ccccc7c6c5c5ccccc5c34)c2)cc1. The van der Waals surface area contributed by atoms with Crippen LogP contribution < -0.4 is 4.90 Å². The first-order valence-electron chi connectivity index (χ1n) is 20.6. The van der Waals surface area contributed by atoms with E-state index >= 15 is 0 Å². The number of hydrogen-bond acceptors (Lipinski definition) is 2. The van der Waals surface area contributed by atoms with Gasteiger partial charge in [0.1, 0.15) is 11.2 Å². The molecule has 0 fully saturated rings. The average molecular weight is 764 g/mol. The minimum absolute atomic E-state index is 0.910. The summed E-state index contributed by atoms with van der Waals surface area (Å²) < 4.78 is 6.44. The molecule has 0 saturated heterocycles. The number of rotatable bonds is 6. The second kappa shape index (κ2) is 13.9. The molecule has 0 saturated carbocycles. The van der Waals surface area contributed by atoms with Crippen LogP contribution in [-0.2, 0) is 0 Å². The minimum atomic E-state index is 0.910. The fraction of sp³-hybridized carbons (Fsp3) is 0. The van der Waals surface area contributed by atoms with Crippen LogP contribution in [-0.4, -0.2) is 0 Å². The van der Waals surface area contributed by atoms with Gasteiger partial charge in [-0.15, -0.1) is 0 Å². The monoisotopic (exact) mass is 763 g/mol. The molecule has 60 heavy (non-hydrogen) atoms. The highest BCUT2D eigenvalue weighted by Crippen LogP contribution is 2.49. The summed E-state index contributed by atoms with van der Waals surface area (Å²) in [5.74, 6) is 0.